The molecule has 0 saturated carbocycles. The van der Waals surface area contributed by atoms with Crippen molar-refractivity contribution in [2.45, 2.75) is 24.8 Å². The van der Waals surface area contributed by atoms with Crippen molar-refractivity contribution in [3.8, 4) is 11.1 Å². The lowest BCUT2D eigenvalue weighted by Crippen LogP contribution is -2.51. The van der Waals surface area contributed by atoms with E-state index in [1.807, 2.05) is 12.4 Å². The quantitative estimate of drug-likeness (QED) is 0.824. The Morgan fingerprint density at radius 1 is 1.19 bits per heavy atom. The van der Waals surface area contributed by atoms with Gasteiger partial charge in [0.15, 0.2) is 5.96 Å². The van der Waals surface area contributed by atoms with E-state index < -0.39 is 0 Å². The fourth-order valence-electron chi connectivity index (χ4n) is 3.45. The van der Waals surface area contributed by atoms with E-state index in [9.17, 15) is 0 Å². The molecule has 0 bridgehead atoms. The largest absolute Gasteiger partial charge is 0.370 e. The maximum atomic E-state index is 5.80. The summed E-state index contributed by atoms with van der Waals surface area (Å²) in [6, 6.07) is 6.47. The second-order valence-electron chi connectivity index (χ2n) is 5.85. The number of fused-ring (bicyclic) bond motifs is 1. The van der Waals surface area contributed by atoms with Gasteiger partial charge in [0.2, 0.25) is 0 Å². The SMILES string of the molecule is NC1=NC[C@@]2(CCc3c(cccc3-c3cncnc3)C2)N1. The standard InChI is InChI=1S/C16H17N5/c17-15-20-9-16(21-15)5-4-14-11(6-16)2-1-3-13(14)12-7-18-10-19-8-12/h1-3,7-8,10H,4-6,9H2,(H3,17,20,21)/t16-/m0/s1. The van der Waals surface area contributed by atoms with E-state index >= 15 is 0 Å². The Morgan fingerprint density at radius 2 is 2.05 bits per heavy atom. The molecular weight excluding hydrogens is 262 g/mol. The summed E-state index contributed by atoms with van der Waals surface area (Å²) in [6.07, 6.45) is 8.36. The van der Waals surface area contributed by atoms with Crippen LogP contribution in [0.3, 0.4) is 0 Å². The number of aliphatic imine (C=N–C) groups is 1. The van der Waals surface area contributed by atoms with Crippen LogP contribution in [0, 0.1) is 0 Å². The Balaban J connectivity index is 1.72. The molecule has 21 heavy (non-hydrogen) atoms. The lowest BCUT2D eigenvalue weighted by molar-refractivity contribution is 0.362. The molecule has 2 aromatic rings. The predicted molar refractivity (Wildman–Crippen MR) is 81.8 cm³/mol. The number of aromatic nitrogens is 2. The summed E-state index contributed by atoms with van der Waals surface area (Å²) in [5, 5.41) is 3.37. The van der Waals surface area contributed by atoms with Crippen LogP contribution in [-0.4, -0.2) is 28.0 Å². The van der Waals surface area contributed by atoms with Crippen molar-refractivity contribution in [1.29, 1.82) is 0 Å². The minimum Gasteiger partial charge on any atom is -0.370 e. The number of nitrogens with zero attached hydrogens (tertiary/aromatic N) is 3. The minimum atomic E-state index is 0.0168. The maximum Gasteiger partial charge on any atom is 0.189 e. The van der Waals surface area contributed by atoms with Gasteiger partial charge < -0.3 is 11.1 Å². The zero-order valence-electron chi connectivity index (χ0n) is 11.7. The Morgan fingerprint density at radius 3 is 2.81 bits per heavy atom. The Bertz CT molecular complexity index is 710. The average molecular weight is 279 g/mol. The summed E-state index contributed by atoms with van der Waals surface area (Å²) in [5.74, 6) is 0.575. The van der Waals surface area contributed by atoms with Crippen molar-refractivity contribution in [3.63, 3.8) is 0 Å². The van der Waals surface area contributed by atoms with Gasteiger partial charge in [-0.2, -0.15) is 0 Å². The van der Waals surface area contributed by atoms with E-state index in [0.29, 0.717) is 5.96 Å². The molecule has 1 aromatic heterocycles. The molecule has 0 fully saturated rings. The van der Waals surface area contributed by atoms with E-state index in [1.54, 1.807) is 6.33 Å². The molecule has 0 amide bonds. The van der Waals surface area contributed by atoms with E-state index in [-0.39, 0.29) is 5.54 Å². The first-order valence-corrected chi connectivity index (χ1v) is 7.20. The second-order valence-corrected chi connectivity index (χ2v) is 5.85. The number of hydrogen-bond donors (Lipinski definition) is 2. The van der Waals surface area contributed by atoms with Crippen LogP contribution in [0.5, 0.6) is 0 Å². The van der Waals surface area contributed by atoms with E-state index in [0.717, 1.165) is 31.4 Å². The highest BCUT2D eigenvalue weighted by atomic mass is 15.2. The molecule has 3 N–H and O–H groups in total. The Hall–Kier alpha value is -2.43. The second kappa shape index (κ2) is 4.55. The number of guanidine groups is 1. The number of nitrogens with one attached hydrogen (secondary N) is 1. The highest BCUT2D eigenvalue weighted by Gasteiger charge is 2.38. The van der Waals surface area contributed by atoms with Crippen LogP contribution in [0.1, 0.15) is 17.5 Å². The summed E-state index contributed by atoms with van der Waals surface area (Å²) in [5.41, 5.74) is 10.9. The lowest BCUT2D eigenvalue weighted by atomic mass is 9.76. The molecule has 5 heteroatoms. The summed E-state index contributed by atoms with van der Waals surface area (Å²) in [4.78, 5) is 12.6. The van der Waals surface area contributed by atoms with Crippen molar-refractivity contribution in [2.75, 3.05) is 6.54 Å². The van der Waals surface area contributed by atoms with Crippen LogP contribution in [0.25, 0.3) is 11.1 Å². The third kappa shape index (κ3) is 2.05. The van der Waals surface area contributed by atoms with Gasteiger partial charge in [-0.25, -0.2) is 9.97 Å². The van der Waals surface area contributed by atoms with Crippen molar-refractivity contribution in [1.82, 2.24) is 15.3 Å². The number of hydrogen-bond acceptors (Lipinski definition) is 5. The molecule has 1 aliphatic carbocycles. The molecule has 1 spiro atoms. The predicted octanol–water partition coefficient (Wildman–Crippen LogP) is 1.29. The lowest BCUT2D eigenvalue weighted by Gasteiger charge is -2.35. The molecule has 0 unspecified atom stereocenters. The van der Waals surface area contributed by atoms with Gasteiger partial charge in [0.25, 0.3) is 0 Å². The maximum absolute atomic E-state index is 5.80. The van der Waals surface area contributed by atoms with Gasteiger partial charge in [-0.05, 0) is 36.0 Å². The molecule has 2 heterocycles. The van der Waals surface area contributed by atoms with Gasteiger partial charge in [-0.15, -0.1) is 0 Å². The molecule has 4 rings (SSSR count). The van der Waals surface area contributed by atoms with Crippen LogP contribution >= 0.6 is 0 Å². The first kappa shape index (κ1) is 12.3. The minimum absolute atomic E-state index is 0.0168. The molecule has 1 aliphatic heterocycles. The zero-order chi connectivity index (χ0) is 14.3. The van der Waals surface area contributed by atoms with Crippen molar-refractivity contribution in [2.24, 2.45) is 10.7 Å². The van der Waals surface area contributed by atoms with Crippen molar-refractivity contribution >= 4 is 5.96 Å². The van der Waals surface area contributed by atoms with Crippen LogP contribution in [-0.2, 0) is 12.8 Å². The molecule has 0 saturated heterocycles. The molecule has 5 nitrogen and oxygen atoms in total. The first-order valence-electron chi connectivity index (χ1n) is 7.20. The number of rotatable bonds is 1. The van der Waals surface area contributed by atoms with Crippen molar-refractivity contribution in [3.05, 3.63) is 48.0 Å². The molecule has 0 radical (unpaired) electrons. The van der Waals surface area contributed by atoms with Gasteiger partial charge in [-0.1, -0.05) is 18.2 Å². The Kier molecular flexibility index (Phi) is 2.67. The fraction of sp³-hybridized carbons (Fsp3) is 0.312. The monoisotopic (exact) mass is 279 g/mol. The molecule has 106 valence electrons. The van der Waals surface area contributed by atoms with Gasteiger partial charge in [0.1, 0.15) is 6.33 Å². The molecule has 1 atom stereocenters. The van der Waals surface area contributed by atoms with Gasteiger partial charge in [-0.3, -0.25) is 4.99 Å². The number of nitrogens with two attached hydrogens (primary N) is 1. The van der Waals surface area contributed by atoms with Gasteiger partial charge >= 0.3 is 0 Å². The molecule has 1 aromatic carbocycles. The third-order valence-electron chi connectivity index (χ3n) is 4.47. The summed E-state index contributed by atoms with van der Waals surface area (Å²) < 4.78 is 0. The smallest absolute Gasteiger partial charge is 0.189 e. The van der Waals surface area contributed by atoms with E-state index in [1.165, 1.54) is 16.7 Å². The van der Waals surface area contributed by atoms with Gasteiger partial charge in [0.05, 0.1) is 12.1 Å². The highest BCUT2D eigenvalue weighted by molar-refractivity contribution is 5.81. The summed E-state index contributed by atoms with van der Waals surface area (Å²) >= 11 is 0. The van der Waals surface area contributed by atoms with Crippen LogP contribution in [0.15, 0.2) is 41.9 Å². The normalized spacial score (nSPS) is 23.5. The van der Waals surface area contributed by atoms with Crippen LogP contribution < -0.4 is 11.1 Å². The summed E-state index contributed by atoms with van der Waals surface area (Å²) in [6.45, 7) is 0.775. The zero-order valence-corrected chi connectivity index (χ0v) is 11.7. The first-order chi connectivity index (χ1) is 10.3. The van der Waals surface area contributed by atoms with Crippen LogP contribution in [0.2, 0.25) is 0 Å². The third-order valence-corrected chi connectivity index (χ3v) is 4.47. The fourth-order valence-corrected chi connectivity index (χ4v) is 3.45. The van der Waals surface area contributed by atoms with E-state index in [4.69, 9.17) is 5.73 Å². The Labute approximate surface area is 123 Å². The van der Waals surface area contributed by atoms with Gasteiger partial charge in [0, 0.05) is 18.0 Å². The molecule has 2 aliphatic rings. The molecular formula is C16H17N5. The van der Waals surface area contributed by atoms with E-state index in [2.05, 4.69) is 38.5 Å². The average Bonchev–Trinajstić information content (AvgIpc) is 2.88. The summed E-state index contributed by atoms with van der Waals surface area (Å²) in [7, 11) is 0. The topological polar surface area (TPSA) is 76.2 Å². The highest BCUT2D eigenvalue weighted by Crippen LogP contribution is 2.36. The van der Waals surface area contributed by atoms with Crippen molar-refractivity contribution < 1.29 is 0 Å². The van der Waals surface area contributed by atoms with Crippen LogP contribution in [0.4, 0.5) is 0 Å². The number of benzene rings is 1.